The Kier molecular flexibility index (Phi) is 7.04. The number of nitrogens with two attached hydrogens (primary N) is 1. The van der Waals surface area contributed by atoms with Crippen LogP contribution in [-0.4, -0.2) is 31.1 Å². The van der Waals surface area contributed by atoms with E-state index in [-0.39, 0.29) is 0 Å². The number of hydrogen-bond donors (Lipinski definition) is 1. The lowest BCUT2D eigenvalue weighted by atomic mass is 10.1. The molecule has 0 bridgehead atoms. The highest BCUT2D eigenvalue weighted by Gasteiger charge is 2.16. The molecular weight excluding hydrogens is 260 g/mol. The first-order valence-electron chi connectivity index (χ1n) is 8.41. The molecule has 1 aromatic rings. The first-order valence-corrected chi connectivity index (χ1v) is 8.41. The van der Waals surface area contributed by atoms with Gasteiger partial charge in [0.15, 0.2) is 0 Å². The van der Waals surface area contributed by atoms with Gasteiger partial charge in [0.25, 0.3) is 0 Å². The van der Waals surface area contributed by atoms with E-state index >= 15 is 0 Å². The maximum Gasteiger partial charge on any atom is 0.119 e. The fourth-order valence-corrected chi connectivity index (χ4v) is 3.15. The van der Waals surface area contributed by atoms with Crippen molar-refractivity contribution in [3.05, 3.63) is 29.8 Å². The molecule has 118 valence electrons. The largest absolute Gasteiger partial charge is 0.494 e. The molecule has 0 saturated heterocycles. The molecule has 0 radical (unpaired) electrons. The summed E-state index contributed by atoms with van der Waals surface area (Å²) in [6.45, 7) is 2.48. The van der Waals surface area contributed by atoms with Gasteiger partial charge < -0.3 is 15.4 Å². The van der Waals surface area contributed by atoms with Gasteiger partial charge in [-0.05, 0) is 44.0 Å². The Morgan fingerprint density at radius 3 is 2.67 bits per heavy atom. The smallest absolute Gasteiger partial charge is 0.119 e. The van der Waals surface area contributed by atoms with Crippen LogP contribution in [0.25, 0.3) is 0 Å². The van der Waals surface area contributed by atoms with Crippen LogP contribution >= 0.6 is 0 Å². The molecule has 2 rings (SSSR count). The SMILES string of the molecule is CN(CCCOc1cccc(CN)c1)C1CCCCCC1. The summed E-state index contributed by atoms with van der Waals surface area (Å²) in [5.41, 5.74) is 6.77. The monoisotopic (exact) mass is 290 g/mol. The third-order valence-corrected chi connectivity index (χ3v) is 4.51. The van der Waals surface area contributed by atoms with Gasteiger partial charge in [0, 0.05) is 19.1 Å². The second-order valence-electron chi connectivity index (χ2n) is 6.18. The topological polar surface area (TPSA) is 38.5 Å². The highest BCUT2D eigenvalue weighted by Crippen LogP contribution is 2.21. The van der Waals surface area contributed by atoms with Crippen LogP contribution in [-0.2, 0) is 6.54 Å². The van der Waals surface area contributed by atoms with Crippen LogP contribution in [0.15, 0.2) is 24.3 Å². The molecule has 3 heteroatoms. The lowest BCUT2D eigenvalue weighted by molar-refractivity contribution is 0.199. The van der Waals surface area contributed by atoms with Crippen molar-refractivity contribution in [2.45, 2.75) is 57.5 Å². The molecule has 0 aromatic heterocycles. The van der Waals surface area contributed by atoms with Crippen LogP contribution in [0.2, 0.25) is 0 Å². The van der Waals surface area contributed by atoms with Crippen molar-refractivity contribution in [1.82, 2.24) is 4.90 Å². The van der Waals surface area contributed by atoms with Crippen molar-refractivity contribution in [1.29, 1.82) is 0 Å². The van der Waals surface area contributed by atoms with Crippen molar-refractivity contribution in [3.63, 3.8) is 0 Å². The zero-order chi connectivity index (χ0) is 14.9. The van der Waals surface area contributed by atoms with Crippen LogP contribution in [0, 0.1) is 0 Å². The molecule has 0 heterocycles. The van der Waals surface area contributed by atoms with Gasteiger partial charge in [0.1, 0.15) is 5.75 Å². The highest BCUT2D eigenvalue weighted by atomic mass is 16.5. The summed E-state index contributed by atoms with van der Waals surface area (Å²) >= 11 is 0. The van der Waals surface area contributed by atoms with Crippen molar-refractivity contribution >= 4 is 0 Å². The van der Waals surface area contributed by atoms with Gasteiger partial charge in [0.2, 0.25) is 0 Å². The van der Waals surface area contributed by atoms with Crippen molar-refractivity contribution in [2.75, 3.05) is 20.2 Å². The van der Waals surface area contributed by atoms with E-state index in [4.69, 9.17) is 10.5 Å². The summed E-state index contributed by atoms with van der Waals surface area (Å²) in [6, 6.07) is 8.87. The normalized spacial score (nSPS) is 16.9. The fraction of sp³-hybridized carbons (Fsp3) is 0.667. The molecule has 0 unspecified atom stereocenters. The summed E-state index contributed by atoms with van der Waals surface area (Å²) in [7, 11) is 2.27. The van der Waals surface area contributed by atoms with Gasteiger partial charge in [-0.25, -0.2) is 0 Å². The summed E-state index contributed by atoms with van der Waals surface area (Å²) in [4.78, 5) is 2.53. The van der Waals surface area contributed by atoms with Crippen molar-refractivity contribution in [2.24, 2.45) is 5.73 Å². The Hall–Kier alpha value is -1.06. The van der Waals surface area contributed by atoms with Gasteiger partial charge in [-0.1, -0.05) is 37.8 Å². The van der Waals surface area contributed by atoms with E-state index in [0.29, 0.717) is 6.54 Å². The van der Waals surface area contributed by atoms with Crippen molar-refractivity contribution < 1.29 is 4.74 Å². The molecule has 1 saturated carbocycles. The van der Waals surface area contributed by atoms with Crippen LogP contribution in [0.1, 0.15) is 50.5 Å². The first-order chi connectivity index (χ1) is 10.3. The number of nitrogens with zero attached hydrogens (tertiary/aromatic N) is 1. The molecule has 2 N–H and O–H groups in total. The van der Waals surface area contributed by atoms with Gasteiger partial charge in [0.05, 0.1) is 6.61 Å². The second-order valence-corrected chi connectivity index (χ2v) is 6.18. The summed E-state index contributed by atoms with van der Waals surface area (Å²) in [5.74, 6) is 0.940. The molecule has 1 aliphatic rings. The number of benzene rings is 1. The Morgan fingerprint density at radius 2 is 1.95 bits per heavy atom. The van der Waals surface area contributed by atoms with E-state index in [9.17, 15) is 0 Å². The highest BCUT2D eigenvalue weighted by molar-refractivity contribution is 5.28. The van der Waals surface area contributed by atoms with Crippen LogP contribution < -0.4 is 10.5 Å². The maximum atomic E-state index is 5.83. The van der Waals surface area contributed by atoms with E-state index in [2.05, 4.69) is 11.9 Å². The molecule has 1 aliphatic carbocycles. The van der Waals surface area contributed by atoms with Crippen molar-refractivity contribution in [3.8, 4) is 5.75 Å². The molecule has 0 spiro atoms. The minimum Gasteiger partial charge on any atom is -0.494 e. The van der Waals surface area contributed by atoms with Gasteiger partial charge in [-0.15, -0.1) is 0 Å². The van der Waals surface area contributed by atoms with E-state index < -0.39 is 0 Å². The Labute approximate surface area is 129 Å². The second kappa shape index (κ2) is 9.06. The predicted octanol–water partition coefficient (Wildman–Crippen LogP) is 3.57. The molecule has 0 aliphatic heterocycles. The summed E-state index contributed by atoms with van der Waals surface area (Å²) in [5, 5.41) is 0. The van der Waals surface area contributed by atoms with E-state index in [1.54, 1.807) is 0 Å². The minimum absolute atomic E-state index is 0.571. The van der Waals surface area contributed by atoms with Crippen LogP contribution in [0.3, 0.4) is 0 Å². The fourth-order valence-electron chi connectivity index (χ4n) is 3.15. The van der Waals surface area contributed by atoms with E-state index in [0.717, 1.165) is 36.9 Å². The summed E-state index contributed by atoms with van der Waals surface area (Å²) < 4.78 is 5.83. The lowest BCUT2D eigenvalue weighted by Crippen LogP contribution is -2.32. The average molecular weight is 290 g/mol. The van der Waals surface area contributed by atoms with Gasteiger partial charge in [-0.2, -0.15) is 0 Å². The quantitative estimate of drug-likeness (QED) is 0.616. The zero-order valence-electron chi connectivity index (χ0n) is 13.4. The molecule has 3 nitrogen and oxygen atoms in total. The van der Waals surface area contributed by atoms with Gasteiger partial charge in [-0.3, -0.25) is 0 Å². The van der Waals surface area contributed by atoms with E-state index in [1.807, 2.05) is 24.3 Å². The predicted molar refractivity (Wildman–Crippen MR) is 88.6 cm³/mol. The molecule has 21 heavy (non-hydrogen) atoms. The van der Waals surface area contributed by atoms with Gasteiger partial charge >= 0.3 is 0 Å². The Morgan fingerprint density at radius 1 is 1.19 bits per heavy atom. The lowest BCUT2D eigenvalue weighted by Gasteiger charge is -2.26. The first kappa shape index (κ1) is 16.3. The third kappa shape index (κ3) is 5.68. The maximum absolute atomic E-state index is 5.83. The Bertz CT molecular complexity index is 400. The minimum atomic E-state index is 0.571. The molecule has 0 atom stereocenters. The molecule has 1 fully saturated rings. The molecule has 1 aromatic carbocycles. The van der Waals surface area contributed by atoms with Crippen LogP contribution in [0.4, 0.5) is 0 Å². The average Bonchev–Trinajstić information content (AvgIpc) is 2.81. The summed E-state index contributed by atoms with van der Waals surface area (Å²) in [6.07, 6.45) is 9.47. The standard InChI is InChI=1S/C18H30N2O/c1-20(17-9-4-2-3-5-10-17)12-7-13-21-18-11-6-8-16(14-18)15-19/h6,8,11,14,17H,2-5,7,9-10,12-13,15,19H2,1H3. The van der Waals surface area contributed by atoms with E-state index in [1.165, 1.54) is 38.5 Å². The van der Waals surface area contributed by atoms with Crippen LogP contribution in [0.5, 0.6) is 5.75 Å². The molecular formula is C18H30N2O. The third-order valence-electron chi connectivity index (χ3n) is 4.51. The number of hydrogen-bond acceptors (Lipinski definition) is 3. The zero-order valence-corrected chi connectivity index (χ0v) is 13.4. The number of rotatable bonds is 7. The number of ether oxygens (including phenoxy) is 1. The Balaban J connectivity index is 1.66. The molecule has 0 amide bonds.